The van der Waals surface area contributed by atoms with E-state index in [1.54, 1.807) is 0 Å². The highest BCUT2D eigenvalue weighted by Crippen LogP contribution is 2.25. The van der Waals surface area contributed by atoms with Gasteiger partial charge in [0.25, 0.3) is 0 Å². The Balaban J connectivity index is 1.73. The first-order valence-corrected chi connectivity index (χ1v) is 6.85. The van der Waals surface area contributed by atoms with Gasteiger partial charge in [0, 0.05) is 5.56 Å². The number of furan rings is 1. The maximum absolute atomic E-state index is 11.2. The molecule has 2 heterocycles. The van der Waals surface area contributed by atoms with Crippen molar-refractivity contribution in [2.45, 2.75) is 25.4 Å². The smallest absolute Gasteiger partial charge is 0.320 e. The Labute approximate surface area is 117 Å². The van der Waals surface area contributed by atoms with Crippen LogP contribution in [0.15, 0.2) is 46.9 Å². The third kappa shape index (κ3) is 2.60. The molecule has 1 aromatic heterocycles. The molecule has 1 aromatic carbocycles. The summed E-state index contributed by atoms with van der Waals surface area (Å²) < 4.78 is 5.83. The molecule has 4 nitrogen and oxygen atoms in total. The minimum atomic E-state index is -0.739. The van der Waals surface area contributed by atoms with E-state index in [9.17, 15) is 9.90 Å². The van der Waals surface area contributed by atoms with Crippen LogP contribution in [0.25, 0.3) is 11.3 Å². The molecular formula is C16H17NO3. The van der Waals surface area contributed by atoms with E-state index in [0.717, 1.165) is 36.5 Å². The highest BCUT2D eigenvalue weighted by molar-refractivity contribution is 5.73. The van der Waals surface area contributed by atoms with Crippen molar-refractivity contribution in [3.63, 3.8) is 0 Å². The zero-order valence-electron chi connectivity index (χ0n) is 11.2. The zero-order chi connectivity index (χ0) is 13.9. The number of rotatable bonds is 4. The average molecular weight is 271 g/mol. The first-order valence-electron chi connectivity index (χ1n) is 6.85. The van der Waals surface area contributed by atoms with Crippen molar-refractivity contribution < 1.29 is 14.3 Å². The molecule has 4 heteroatoms. The molecule has 1 atom stereocenters. The Morgan fingerprint density at radius 2 is 2.05 bits per heavy atom. The number of carbonyl (C=O) groups is 1. The molecule has 3 rings (SSSR count). The van der Waals surface area contributed by atoms with Crippen LogP contribution in [0.3, 0.4) is 0 Å². The number of carboxylic acid groups (broad SMARTS) is 1. The Bertz CT molecular complexity index is 591. The number of likely N-dealkylation sites (tertiary alicyclic amines) is 1. The number of aliphatic carboxylic acids is 1. The van der Waals surface area contributed by atoms with E-state index in [1.807, 2.05) is 47.4 Å². The van der Waals surface area contributed by atoms with Gasteiger partial charge >= 0.3 is 5.97 Å². The van der Waals surface area contributed by atoms with Gasteiger partial charge in [-0.05, 0) is 31.5 Å². The second-order valence-electron chi connectivity index (χ2n) is 5.10. The molecule has 0 bridgehead atoms. The Morgan fingerprint density at radius 3 is 2.80 bits per heavy atom. The van der Waals surface area contributed by atoms with Crippen molar-refractivity contribution in [3.8, 4) is 11.3 Å². The van der Waals surface area contributed by atoms with Crippen LogP contribution in [0, 0.1) is 0 Å². The number of nitrogens with zero attached hydrogens (tertiary/aromatic N) is 1. The van der Waals surface area contributed by atoms with Gasteiger partial charge in [0.05, 0.1) is 6.54 Å². The fourth-order valence-electron chi connectivity index (χ4n) is 2.72. The van der Waals surface area contributed by atoms with Crippen LogP contribution in [-0.4, -0.2) is 28.6 Å². The summed E-state index contributed by atoms with van der Waals surface area (Å²) in [7, 11) is 0. The van der Waals surface area contributed by atoms with E-state index in [1.165, 1.54) is 0 Å². The number of benzene rings is 1. The van der Waals surface area contributed by atoms with Gasteiger partial charge in [0.1, 0.15) is 17.6 Å². The monoisotopic (exact) mass is 271 g/mol. The van der Waals surface area contributed by atoms with Crippen molar-refractivity contribution in [1.82, 2.24) is 4.90 Å². The van der Waals surface area contributed by atoms with E-state index in [-0.39, 0.29) is 6.04 Å². The van der Waals surface area contributed by atoms with Gasteiger partial charge in [0.15, 0.2) is 0 Å². The highest BCUT2D eigenvalue weighted by atomic mass is 16.4. The van der Waals surface area contributed by atoms with E-state index in [4.69, 9.17) is 4.42 Å². The van der Waals surface area contributed by atoms with Crippen LogP contribution in [0.4, 0.5) is 0 Å². The summed E-state index contributed by atoms with van der Waals surface area (Å²) in [6, 6.07) is 13.4. The largest absolute Gasteiger partial charge is 0.480 e. The molecule has 0 radical (unpaired) electrons. The minimum absolute atomic E-state index is 0.375. The topological polar surface area (TPSA) is 53.7 Å². The fraction of sp³-hybridized carbons (Fsp3) is 0.312. The lowest BCUT2D eigenvalue weighted by atomic mass is 10.2. The Hall–Kier alpha value is -2.07. The first-order chi connectivity index (χ1) is 9.74. The molecule has 1 N–H and O–H groups in total. The first kappa shape index (κ1) is 12.9. The molecule has 20 heavy (non-hydrogen) atoms. The van der Waals surface area contributed by atoms with Gasteiger partial charge in [-0.3, -0.25) is 9.69 Å². The summed E-state index contributed by atoms with van der Waals surface area (Å²) in [5, 5.41) is 9.17. The number of hydrogen-bond donors (Lipinski definition) is 1. The van der Waals surface area contributed by atoms with Crippen LogP contribution in [-0.2, 0) is 11.3 Å². The SMILES string of the molecule is O=C(O)[C@@H]1CCCN1Cc1ccc(-c2ccccc2)o1. The lowest BCUT2D eigenvalue weighted by Gasteiger charge is -2.19. The third-order valence-electron chi connectivity index (χ3n) is 3.73. The molecule has 1 fully saturated rings. The second kappa shape index (κ2) is 5.51. The summed E-state index contributed by atoms with van der Waals surface area (Å²) in [5.41, 5.74) is 1.04. The van der Waals surface area contributed by atoms with Crippen molar-refractivity contribution in [3.05, 3.63) is 48.2 Å². The summed E-state index contributed by atoms with van der Waals surface area (Å²) in [6.07, 6.45) is 1.66. The van der Waals surface area contributed by atoms with Crippen LogP contribution in [0.1, 0.15) is 18.6 Å². The van der Waals surface area contributed by atoms with Gasteiger partial charge in [-0.2, -0.15) is 0 Å². The molecule has 0 spiro atoms. The number of hydrogen-bond acceptors (Lipinski definition) is 3. The second-order valence-corrected chi connectivity index (χ2v) is 5.10. The van der Waals surface area contributed by atoms with Gasteiger partial charge in [0.2, 0.25) is 0 Å². The normalized spacial score (nSPS) is 19.3. The van der Waals surface area contributed by atoms with Crippen LogP contribution in [0.5, 0.6) is 0 Å². The van der Waals surface area contributed by atoms with Crippen molar-refractivity contribution in [2.75, 3.05) is 6.54 Å². The van der Waals surface area contributed by atoms with Crippen molar-refractivity contribution in [2.24, 2.45) is 0 Å². The molecule has 104 valence electrons. The van der Waals surface area contributed by atoms with Crippen molar-refractivity contribution in [1.29, 1.82) is 0 Å². The summed E-state index contributed by atoms with van der Waals surface area (Å²) in [5.74, 6) is 0.904. The van der Waals surface area contributed by atoms with E-state index >= 15 is 0 Å². The van der Waals surface area contributed by atoms with E-state index in [2.05, 4.69) is 0 Å². The lowest BCUT2D eigenvalue weighted by molar-refractivity contribution is -0.142. The van der Waals surface area contributed by atoms with Crippen LogP contribution in [0.2, 0.25) is 0 Å². The van der Waals surface area contributed by atoms with Crippen LogP contribution >= 0.6 is 0 Å². The Kier molecular flexibility index (Phi) is 3.56. The Morgan fingerprint density at radius 1 is 1.25 bits per heavy atom. The molecule has 0 unspecified atom stereocenters. The van der Waals surface area contributed by atoms with Gasteiger partial charge in [-0.25, -0.2) is 0 Å². The molecule has 0 saturated carbocycles. The lowest BCUT2D eigenvalue weighted by Crippen LogP contribution is -2.35. The molecule has 0 aliphatic carbocycles. The van der Waals surface area contributed by atoms with E-state index in [0.29, 0.717) is 6.54 Å². The maximum Gasteiger partial charge on any atom is 0.320 e. The van der Waals surface area contributed by atoms with Crippen molar-refractivity contribution >= 4 is 5.97 Å². The quantitative estimate of drug-likeness (QED) is 0.928. The average Bonchev–Trinajstić information content (AvgIpc) is 3.09. The number of carboxylic acids is 1. The molecule has 1 saturated heterocycles. The fourth-order valence-corrected chi connectivity index (χ4v) is 2.72. The van der Waals surface area contributed by atoms with Gasteiger partial charge in [-0.1, -0.05) is 30.3 Å². The molecule has 1 aliphatic rings. The molecule has 0 amide bonds. The standard InChI is InChI=1S/C16H17NO3/c18-16(19)14-7-4-10-17(14)11-13-8-9-15(20-13)12-5-2-1-3-6-12/h1-3,5-6,8-9,14H,4,7,10-11H2,(H,18,19)/t14-/m0/s1. The molecule has 2 aromatic rings. The maximum atomic E-state index is 11.2. The van der Waals surface area contributed by atoms with E-state index < -0.39 is 5.97 Å². The summed E-state index contributed by atoms with van der Waals surface area (Å²) in [6.45, 7) is 1.38. The van der Waals surface area contributed by atoms with Crippen LogP contribution < -0.4 is 0 Å². The third-order valence-corrected chi connectivity index (χ3v) is 3.73. The highest BCUT2D eigenvalue weighted by Gasteiger charge is 2.30. The van der Waals surface area contributed by atoms with Gasteiger partial charge < -0.3 is 9.52 Å². The zero-order valence-corrected chi connectivity index (χ0v) is 11.2. The predicted molar refractivity (Wildman–Crippen MR) is 75.2 cm³/mol. The summed E-state index contributed by atoms with van der Waals surface area (Å²) >= 11 is 0. The molecular weight excluding hydrogens is 254 g/mol. The van der Waals surface area contributed by atoms with Gasteiger partial charge in [-0.15, -0.1) is 0 Å². The minimum Gasteiger partial charge on any atom is -0.480 e. The predicted octanol–water partition coefficient (Wildman–Crippen LogP) is 3.00. The molecule has 1 aliphatic heterocycles. The summed E-state index contributed by atoms with van der Waals surface area (Å²) in [4.78, 5) is 13.1.